The van der Waals surface area contributed by atoms with Crippen molar-refractivity contribution in [2.24, 2.45) is 0 Å². The van der Waals surface area contributed by atoms with Crippen LogP contribution in [0.5, 0.6) is 0 Å². The Morgan fingerprint density at radius 1 is 0.840 bits per heavy atom. The summed E-state index contributed by atoms with van der Waals surface area (Å²) in [5.41, 5.74) is 7.94. The molecule has 0 unspecified atom stereocenters. The van der Waals surface area contributed by atoms with E-state index in [1.54, 1.807) is 0 Å². The maximum Gasteiger partial charge on any atom is 0.213 e. The van der Waals surface area contributed by atoms with Crippen molar-refractivity contribution in [3.05, 3.63) is 84.1 Å². The maximum atomic E-state index is 2.36. The minimum Gasteiger partial charge on any atom is -0.195 e. The lowest BCUT2D eigenvalue weighted by Crippen LogP contribution is -2.35. The fourth-order valence-corrected chi connectivity index (χ4v) is 3.41. The summed E-state index contributed by atoms with van der Waals surface area (Å²) in [5.74, 6) is 0. The summed E-state index contributed by atoms with van der Waals surface area (Å²) in [7, 11) is 0. The van der Waals surface area contributed by atoms with Crippen LogP contribution >= 0.6 is 0 Å². The highest BCUT2D eigenvalue weighted by Gasteiger charge is 2.23. The lowest BCUT2D eigenvalue weighted by Gasteiger charge is -2.19. The molecule has 124 valence electrons. The second kappa shape index (κ2) is 6.00. The molecular weight excluding hydrogens is 302 g/mol. The molecule has 0 saturated carbocycles. The normalized spacial score (nSPS) is 13.1. The maximum absolute atomic E-state index is 2.36. The van der Waals surface area contributed by atoms with E-state index in [0.29, 0.717) is 0 Å². The van der Waals surface area contributed by atoms with Crippen molar-refractivity contribution in [2.75, 3.05) is 0 Å². The Bertz CT molecular complexity index is 944. The van der Waals surface area contributed by atoms with E-state index < -0.39 is 0 Å². The van der Waals surface area contributed by atoms with Crippen LogP contribution in [0.1, 0.15) is 31.9 Å². The Hall–Kier alpha value is -2.67. The zero-order valence-corrected chi connectivity index (χ0v) is 15.2. The summed E-state index contributed by atoms with van der Waals surface area (Å²) in [6.07, 6.45) is 6.71. The summed E-state index contributed by atoms with van der Waals surface area (Å²) >= 11 is 0. The van der Waals surface area contributed by atoms with Gasteiger partial charge < -0.3 is 0 Å². The summed E-state index contributed by atoms with van der Waals surface area (Å²) in [6.45, 7) is 7.73. The monoisotopic (exact) mass is 326 g/mol. The molecule has 0 aliphatic carbocycles. The molecule has 0 bridgehead atoms. The minimum atomic E-state index is 0.145. The molecule has 0 spiro atoms. The standard InChI is InChI=1S/C24H24N/c1-24(2,3)21-13-15-25-14-7-10-19-11-12-20(16-22(19)23(25)17-21)18-8-5-4-6-9-18/h4-13,15-17H,14H2,1-3H3/q+1. The van der Waals surface area contributed by atoms with Crippen molar-refractivity contribution < 1.29 is 4.57 Å². The molecule has 25 heavy (non-hydrogen) atoms. The predicted octanol–water partition coefficient (Wildman–Crippen LogP) is 5.63. The summed E-state index contributed by atoms with van der Waals surface area (Å²) in [4.78, 5) is 0. The number of fused-ring (bicyclic) bond motifs is 3. The highest BCUT2D eigenvalue weighted by molar-refractivity contribution is 5.78. The van der Waals surface area contributed by atoms with Crippen LogP contribution in [-0.4, -0.2) is 0 Å². The van der Waals surface area contributed by atoms with Gasteiger partial charge in [0.2, 0.25) is 5.69 Å². The van der Waals surface area contributed by atoms with Gasteiger partial charge in [0.25, 0.3) is 0 Å². The Morgan fingerprint density at radius 3 is 2.40 bits per heavy atom. The van der Waals surface area contributed by atoms with Crippen LogP contribution < -0.4 is 4.57 Å². The molecule has 1 nitrogen and oxygen atoms in total. The third-order valence-electron chi connectivity index (χ3n) is 4.94. The minimum absolute atomic E-state index is 0.145. The largest absolute Gasteiger partial charge is 0.213 e. The Morgan fingerprint density at radius 2 is 1.64 bits per heavy atom. The van der Waals surface area contributed by atoms with E-state index in [9.17, 15) is 0 Å². The predicted molar refractivity (Wildman–Crippen MR) is 105 cm³/mol. The van der Waals surface area contributed by atoms with Crippen molar-refractivity contribution in [2.45, 2.75) is 32.7 Å². The average Bonchev–Trinajstić information content (AvgIpc) is 2.80. The molecule has 4 rings (SSSR count). The van der Waals surface area contributed by atoms with E-state index in [1.165, 1.54) is 33.5 Å². The quantitative estimate of drug-likeness (QED) is 0.510. The van der Waals surface area contributed by atoms with Crippen LogP contribution in [0.3, 0.4) is 0 Å². The molecule has 2 heterocycles. The van der Waals surface area contributed by atoms with Gasteiger partial charge in [-0.15, -0.1) is 0 Å². The van der Waals surface area contributed by atoms with Crippen LogP contribution in [0.2, 0.25) is 0 Å². The molecule has 1 heteroatoms. The molecule has 1 aromatic heterocycles. The average molecular weight is 326 g/mol. The number of aromatic nitrogens is 1. The number of pyridine rings is 1. The van der Waals surface area contributed by atoms with Gasteiger partial charge in [-0.2, -0.15) is 4.57 Å². The van der Waals surface area contributed by atoms with E-state index >= 15 is 0 Å². The zero-order chi connectivity index (χ0) is 17.4. The van der Waals surface area contributed by atoms with Gasteiger partial charge in [0, 0.05) is 12.1 Å². The smallest absolute Gasteiger partial charge is 0.195 e. The molecule has 0 saturated heterocycles. The first-order valence-electron chi connectivity index (χ1n) is 8.93. The van der Waals surface area contributed by atoms with Crippen molar-refractivity contribution in [3.8, 4) is 22.4 Å². The molecule has 1 aliphatic heterocycles. The molecule has 0 radical (unpaired) electrons. The summed E-state index contributed by atoms with van der Waals surface area (Å²) < 4.78 is 2.34. The van der Waals surface area contributed by atoms with Crippen LogP contribution in [-0.2, 0) is 12.0 Å². The number of hydrogen-bond acceptors (Lipinski definition) is 0. The van der Waals surface area contributed by atoms with Crippen molar-refractivity contribution in [1.29, 1.82) is 0 Å². The van der Waals surface area contributed by atoms with Gasteiger partial charge in [0.05, 0.1) is 5.56 Å². The Balaban J connectivity index is 1.92. The van der Waals surface area contributed by atoms with E-state index in [2.05, 4.69) is 104 Å². The van der Waals surface area contributed by atoms with Gasteiger partial charge in [-0.3, -0.25) is 0 Å². The molecule has 0 fully saturated rings. The Labute approximate surface area is 150 Å². The lowest BCUT2D eigenvalue weighted by atomic mass is 9.86. The third-order valence-corrected chi connectivity index (χ3v) is 4.94. The number of nitrogens with zero attached hydrogens (tertiary/aromatic N) is 1. The first-order chi connectivity index (χ1) is 12.0. The molecular formula is C24H24N+. The van der Waals surface area contributed by atoms with E-state index in [0.717, 1.165) is 6.54 Å². The van der Waals surface area contributed by atoms with Gasteiger partial charge in [0.15, 0.2) is 12.7 Å². The molecule has 0 N–H and O–H groups in total. The van der Waals surface area contributed by atoms with E-state index in [-0.39, 0.29) is 5.41 Å². The molecule has 3 aromatic rings. The van der Waals surface area contributed by atoms with Gasteiger partial charge >= 0.3 is 0 Å². The second-order valence-corrected chi connectivity index (χ2v) is 7.77. The highest BCUT2D eigenvalue weighted by Crippen LogP contribution is 2.32. The van der Waals surface area contributed by atoms with Crippen molar-refractivity contribution in [1.82, 2.24) is 0 Å². The summed E-state index contributed by atoms with van der Waals surface area (Å²) in [6, 6.07) is 22.0. The number of hydrogen-bond donors (Lipinski definition) is 0. The van der Waals surface area contributed by atoms with E-state index in [1.807, 2.05) is 0 Å². The number of rotatable bonds is 1. The molecule has 1 aliphatic rings. The van der Waals surface area contributed by atoms with Gasteiger partial charge in [-0.1, -0.05) is 69.3 Å². The molecule has 0 atom stereocenters. The van der Waals surface area contributed by atoms with Crippen LogP contribution in [0.15, 0.2) is 72.9 Å². The number of allylic oxidation sites excluding steroid dienone is 1. The lowest BCUT2D eigenvalue weighted by molar-refractivity contribution is -0.675. The van der Waals surface area contributed by atoms with Crippen molar-refractivity contribution >= 4 is 6.08 Å². The fraction of sp³-hybridized carbons (Fsp3) is 0.208. The topological polar surface area (TPSA) is 3.88 Å². The van der Waals surface area contributed by atoms with E-state index in [4.69, 9.17) is 0 Å². The van der Waals surface area contributed by atoms with Gasteiger partial charge in [-0.25, -0.2) is 0 Å². The van der Waals surface area contributed by atoms with Gasteiger partial charge in [-0.05, 0) is 39.8 Å². The van der Waals surface area contributed by atoms with Gasteiger partial charge in [0.1, 0.15) is 0 Å². The zero-order valence-electron chi connectivity index (χ0n) is 15.2. The fourth-order valence-electron chi connectivity index (χ4n) is 3.41. The van der Waals surface area contributed by atoms with Crippen molar-refractivity contribution in [3.63, 3.8) is 0 Å². The van der Waals surface area contributed by atoms with Crippen LogP contribution in [0.4, 0.5) is 0 Å². The molecule has 2 aromatic carbocycles. The first-order valence-corrected chi connectivity index (χ1v) is 8.93. The first kappa shape index (κ1) is 15.8. The number of benzene rings is 2. The summed E-state index contributed by atoms with van der Waals surface area (Å²) in [5, 5.41) is 0. The third kappa shape index (κ3) is 3.02. The molecule has 0 amide bonds. The Kier molecular flexibility index (Phi) is 3.80. The van der Waals surface area contributed by atoms with Crippen LogP contribution in [0.25, 0.3) is 28.5 Å². The SMILES string of the molecule is CC(C)(C)c1cc[n+]2c(c1)-c1cc(-c3ccccc3)ccc1C=CC2. The highest BCUT2D eigenvalue weighted by atomic mass is 15.0. The second-order valence-electron chi connectivity index (χ2n) is 7.77. The van der Waals surface area contributed by atoms with Crippen LogP contribution in [0, 0.1) is 0 Å².